The Labute approximate surface area is 151 Å². The molecule has 3 N–H and O–H groups in total. The molecule has 0 amide bonds. The third kappa shape index (κ3) is 4.01. The molecule has 0 aliphatic rings. The summed E-state index contributed by atoms with van der Waals surface area (Å²) in [5, 5.41) is 4.53. The first-order valence-corrected chi connectivity index (χ1v) is 9.34. The Morgan fingerprint density at radius 2 is 1.92 bits per heavy atom. The summed E-state index contributed by atoms with van der Waals surface area (Å²) >= 11 is 6.19. The zero-order valence-corrected chi connectivity index (χ0v) is 15.1. The maximum atomic E-state index is 12.4. The van der Waals surface area contributed by atoms with Crippen molar-refractivity contribution in [3.63, 3.8) is 0 Å². The molecular weight excluding hydrogens is 360 g/mol. The van der Waals surface area contributed by atoms with Gasteiger partial charge in [0, 0.05) is 36.6 Å². The zero-order chi connectivity index (χ0) is 18.0. The molecule has 6 nitrogen and oxygen atoms in total. The van der Waals surface area contributed by atoms with Crippen LogP contribution in [0.3, 0.4) is 0 Å². The van der Waals surface area contributed by atoms with Crippen LogP contribution in [0.1, 0.15) is 5.56 Å². The Kier molecular flexibility index (Phi) is 4.80. The second-order valence-electron chi connectivity index (χ2n) is 5.61. The highest BCUT2D eigenvalue weighted by atomic mass is 35.5. The number of hydrogen-bond donors (Lipinski definition) is 2. The molecule has 130 valence electrons. The molecule has 0 spiro atoms. The van der Waals surface area contributed by atoms with Gasteiger partial charge in [-0.2, -0.15) is 5.10 Å². The maximum absolute atomic E-state index is 12.4. The fourth-order valence-corrected chi connectivity index (χ4v) is 3.72. The van der Waals surface area contributed by atoms with Crippen LogP contribution in [0.5, 0.6) is 0 Å². The predicted octanol–water partition coefficient (Wildman–Crippen LogP) is 2.80. The molecule has 0 unspecified atom stereocenters. The highest BCUT2D eigenvalue weighted by Crippen LogP contribution is 2.30. The molecule has 25 heavy (non-hydrogen) atoms. The molecule has 0 bridgehead atoms. The van der Waals surface area contributed by atoms with E-state index in [1.807, 2.05) is 6.07 Å². The molecule has 0 atom stereocenters. The molecule has 0 aliphatic carbocycles. The summed E-state index contributed by atoms with van der Waals surface area (Å²) in [6, 6.07) is 11.8. The molecule has 1 aromatic heterocycles. The van der Waals surface area contributed by atoms with Crippen LogP contribution in [-0.2, 0) is 23.6 Å². The van der Waals surface area contributed by atoms with E-state index in [4.69, 9.17) is 17.3 Å². The lowest BCUT2D eigenvalue weighted by Crippen LogP contribution is -2.23. The standard InChI is InChI=1S/C17H17ClN4O2S/c1-22-11-12(9-20-22)10-21-25(23,24)15-5-2-13(3-6-15)16-7-4-14(19)8-17(16)18/h2-9,11,21H,10,19H2,1H3. The smallest absolute Gasteiger partial charge is 0.240 e. The summed E-state index contributed by atoms with van der Waals surface area (Å²) in [6.07, 6.45) is 3.38. The van der Waals surface area contributed by atoms with Crippen LogP contribution in [0.25, 0.3) is 11.1 Å². The number of nitrogen functional groups attached to an aromatic ring is 1. The Bertz CT molecular complexity index is 998. The van der Waals surface area contributed by atoms with Crippen LogP contribution in [0.2, 0.25) is 5.02 Å². The van der Waals surface area contributed by atoms with Crippen LogP contribution in [-0.4, -0.2) is 18.2 Å². The van der Waals surface area contributed by atoms with Gasteiger partial charge < -0.3 is 5.73 Å². The fraction of sp³-hybridized carbons (Fsp3) is 0.118. The van der Waals surface area contributed by atoms with Gasteiger partial charge in [0.1, 0.15) is 0 Å². The number of nitrogens with zero attached hydrogens (tertiary/aromatic N) is 2. The van der Waals surface area contributed by atoms with Crippen molar-refractivity contribution in [1.82, 2.24) is 14.5 Å². The van der Waals surface area contributed by atoms with E-state index < -0.39 is 10.0 Å². The molecule has 0 fully saturated rings. The summed E-state index contributed by atoms with van der Waals surface area (Å²) in [6.45, 7) is 0.182. The number of nitrogens with two attached hydrogens (primary N) is 1. The number of benzene rings is 2. The fourth-order valence-electron chi connectivity index (χ4n) is 2.40. The van der Waals surface area contributed by atoms with Gasteiger partial charge in [0.05, 0.1) is 16.1 Å². The number of halogens is 1. The monoisotopic (exact) mass is 376 g/mol. The minimum Gasteiger partial charge on any atom is -0.399 e. The van der Waals surface area contributed by atoms with Crippen molar-refractivity contribution in [3.8, 4) is 11.1 Å². The summed E-state index contributed by atoms with van der Waals surface area (Å²) in [5.74, 6) is 0. The van der Waals surface area contributed by atoms with Gasteiger partial charge >= 0.3 is 0 Å². The molecule has 0 radical (unpaired) electrons. The van der Waals surface area contributed by atoms with E-state index in [1.165, 1.54) is 0 Å². The third-order valence-electron chi connectivity index (χ3n) is 3.69. The van der Waals surface area contributed by atoms with E-state index in [0.717, 1.165) is 16.7 Å². The van der Waals surface area contributed by atoms with Crippen molar-refractivity contribution in [3.05, 3.63) is 65.4 Å². The number of hydrogen-bond acceptors (Lipinski definition) is 4. The normalized spacial score (nSPS) is 11.6. The molecule has 0 aliphatic heterocycles. The number of aromatic nitrogens is 2. The first-order chi connectivity index (χ1) is 11.8. The second-order valence-corrected chi connectivity index (χ2v) is 7.78. The van der Waals surface area contributed by atoms with Gasteiger partial charge in [-0.15, -0.1) is 0 Å². The quantitative estimate of drug-likeness (QED) is 0.670. The van der Waals surface area contributed by atoms with Crippen molar-refractivity contribution in [1.29, 1.82) is 0 Å². The van der Waals surface area contributed by atoms with Crippen molar-refractivity contribution in [2.75, 3.05) is 5.73 Å². The van der Waals surface area contributed by atoms with Crippen LogP contribution in [0.4, 0.5) is 5.69 Å². The lowest BCUT2D eigenvalue weighted by atomic mass is 10.1. The number of nitrogens with one attached hydrogen (secondary N) is 1. The van der Waals surface area contributed by atoms with E-state index in [9.17, 15) is 8.42 Å². The molecule has 0 saturated carbocycles. The minimum atomic E-state index is -3.61. The SMILES string of the molecule is Cn1cc(CNS(=O)(=O)c2ccc(-c3ccc(N)cc3Cl)cc2)cn1. The molecule has 0 saturated heterocycles. The zero-order valence-electron chi connectivity index (χ0n) is 13.5. The second kappa shape index (κ2) is 6.87. The van der Waals surface area contributed by atoms with Gasteiger partial charge in [0.15, 0.2) is 0 Å². The molecule has 1 heterocycles. The summed E-state index contributed by atoms with van der Waals surface area (Å²) in [7, 11) is -1.83. The summed E-state index contributed by atoms with van der Waals surface area (Å²) in [4.78, 5) is 0.187. The van der Waals surface area contributed by atoms with Gasteiger partial charge in [-0.25, -0.2) is 13.1 Å². The average Bonchev–Trinajstić information content (AvgIpc) is 2.99. The number of aryl methyl sites for hydroxylation is 1. The van der Waals surface area contributed by atoms with Crippen molar-refractivity contribution in [2.24, 2.45) is 7.05 Å². The van der Waals surface area contributed by atoms with Gasteiger partial charge in [-0.05, 0) is 29.8 Å². The van der Waals surface area contributed by atoms with E-state index in [-0.39, 0.29) is 11.4 Å². The largest absolute Gasteiger partial charge is 0.399 e. The first kappa shape index (κ1) is 17.5. The molecule has 3 aromatic rings. The van der Waals surface area contributed by atoms with E-state index in [1.54, 1.807) is 60.5 Å². The number of anilines is 1. The maximum Gasteiger partial charge on any atom is 0.240 e. The molecule has 2 aromatic carbocycles. The Hall–Kier alpha value is -2.35. The van der Waals surface area contributed by atoms with Gasteiger partial charge in [0.2, 0.25) is 10.0 Å². The Balaban J connectivity index is 1.78. The molecule has 3 rings (SSSR count). The highest BCUT2D eigenvalue weighted by Gasteiger charge is 2.14. The van der Waals surface area contributed by atoms with Crippen LogP contribution >= 0.6 is 11.6 Å². The molecule has 8 heteroatoms. The van der Waals surface area contributed by atoms with Gasteiger partial charge in [-0.3, -0.25) is 4.68 Å². The van der Waals surface area contributed by atoms with Crippen molar-refractivity contribution >= 4 is 27.3 Å². The summed E-state index contributed by atoms with van der Waals surface area (Å²) < 4.78 is 29.0. The minimum absolute atomic E-state index is 0.182. The lowest BCUT2D eigenvalue weighted by molar-refractivity contribution is 0.581. The van der Waals surface area contributed by atoms with Crippen molar-refractivity contribution < 1.29 is 8.42 Å². The molecular formula is C17H17ClN4O2S. The highest BCUT2D eigenvalue weighted by molar-refractivity contribution is 7.89. The predicted molar refractivity (Wildman–Crippen MR) is 98.5 cm³/mol. The van der Waals surface area contributed by atoms with E-state index in [2.05, 4.69) is 9.82 Å². The van der Waals surface area contributed by atoms with E-state index in [0.29, 0.717) is 10.7 Å². The number of sulfonamides is 1. The van der Waals surface area contributed by atoms with Gasteiger partial charge in [0.25, 0.3) is 0 Å². The van der Waals surface area contributed by atoms with Crippen LogP contribution < -0.4 is 10.5 Å². The topological polar surface area (TPSA) is 90.0 Å². The summed E-state index contributed by atoms with van der Waals surface area (Å²) in [5.41, 5.74) is 8.67. The van der Waals surface area contributed by atoms with Crippen LogP contribution in [0.15, 0.2) is 59.8 Å². The van der Waals surface area contributed by atoms with E-state index >= 15 is 0 Å². The lowest BCUT2D eigenvalue weighted by Gasteiger charge is -2.08. The number of rotatable bonds is 5. The van der Waals surface area contributed by atoms with Gasteiger partial charge in [-0.1, -0.05) is 29.8 Å². The Morgan fingerprint density at radius 1 is 1.20 bits per heavy atom. The van der Waals surface area contributed by atoms with Crippen molar-refractivity contribution in [2.45, 2.75) is 11.4 Å². The Morgan fingerprint density at radius 3 is 2.52 bits per heavy atom. The van der Waals surface area contributed by atoms with Crippen LogP contribution in [0, 0.1) is 0 Å². The third-order valence-corrected chi connectivity index (χ3v) is 5.42. The first-order valence-electron chi connectivity index (χ1n) is 7.48. The average molecular weight is 377 g/mol.